The number of aliphatic hydroxyl groups is 1. The van der Waals surface area contributed by atoms with Crippen molar-refractivity contribution in [2.24, 2.45) is 5.92 Å². The van der Waals surface area contributed by atoms with Gasteiger partial charge in [-0.05, 0) is 57.3 Å². The lowest BCUT2D eigenvalue weighted by Gasteiger charge is -2.21. The highest BCUT2D eigenvalue weighted by atomic mass is 31.2. The van der Waals surface area contributed by atoms with Gasteiger partial charge in [0.1, 0.15) is 19.3 Å². The molecule has 0 spiro atoms. The molecule has 0 aliphatic heterocycles. The average Bonchev–Trinajstić information content (AvgIpc) is 1.08. The predicted octanol–water partition coefficient (Wildman–Crippen LogP) is 22.8. The zero-order chi connectivity index (χ0) is 71.2. The van der Waals surface area contributed by atoms with E-state index in [2.05, 4.69) is 58.9 Å². The number of phosphoric ester groups is 2. The van der Waals surface area contributed by atoms with Crippen LogP contribution in [0.2, 0.25) is 0 Å². The minimum atomic E-state index is -4.97. The van der Waals surface area contributed by atoms with Crippen LogP contribution in [0, 0.1) is 5.92 Å². The Morgan fingerprint density at radius 2 is 0.557 bits per heavy atom. The molecule has 0 radical (unpaired) electrons. The molecule has 0 bridgehead atoms. The predicted molar refractivity (Wildman–Crippen MR) is 395 cm³/mol. The normalized spacial score (nSPS) is 14.1. The molecule has 17 nitrogen and oxygen atoms in total. The molecule has 19 heteroatoms. The van der Waals surface area contributed by atoms with Crippen LogP contribution in [0.15, 0.2) is 24.3 Å². The van der Waals surface area contributed by atoms with Gasteiger partial charge in [0.25, 0.3) is 0 Å². The molecule has 0 fully saturated rings. The summed E-state index contributed by atoms with van der Waals surface area (Å²) in [7, 11) is -9.92. The molecule has 0 aromatic carbocycles. The topological polar surface area (TPSA) is 237 Å². The fourth-order valence-corrected chi connectivity index (χ4v) is 13.1. The average molecular weight is 1420 g/mol. The second kappa shape index (κ2) is 70.6. The number of aliphatic hydroxyl groups excluding tert-OH is 1. The minimum absolute atomic E-state index is 0.102. The van der Waals surface area contributed by atoms with Gasteiger partial charge in [0.05, 0.1) is 26.4 Å². The molecule has 0 heterocycles. The van der Waals surface area contributed by atoms with E-state index in [9.17, 15) is 43.2 Å². The number of hydrogen-bond acceptors (Lipinski definition) is 15. The fraction of sp³-hybridized carbons (Fsp3) is 0.897. The zero-order valence-corrected chi connectivity index (χ0v) is 64.5. The van der Waals surface area contributed by atoms with Crippen LogP contribution in [0.3, 0.4) is 0 Å². The molecule has 2 unspecified atom stereocenters. The van der Waals surface area contributed by atoms with Crippen LogP contribution < -0.4 is 0 Å². The number of esters is 4. The number of unbranched alkanes of at least 4 members (excludes halogenated alkanes) is 45. The van der Waals surface area contributed by atoms with Gasteiger partial charge >= 0.3 is 39.5 Å². The van der Waals surface area contributed by atoms with E-state index < -0.39 is 97.5 Å². The Labute approximate surface area is 592 Å². The van der Waals surface area contributed by atoms with Gasteiger partial charge < -0.3 is 33.8 Å². The van der Waals surface area contributed by atoms with Gasteiger partial charge in [0.2, 0.25) is 0 Å². The molecule has 0 aromatic heterocycles. The van der Waals surface area contributed by atoms with E-state index in [1.54, 1.807) is 0 Å². The van der Waals surface area contributed by atoms with Crippen LogP contribution in [0.25, 0.3) is 0 Å². The molecule has 3 N–H and O–H groups in total. The van der Waals surface area contributed by atoms with Crippen LogP contribution in [0.5, 0.6) is 0 Å². The Morgan fingerprint density at radius 3 is 0.845 bits per heavy atom. The van der Waals surface area contributed by atoms with Gasteiger partial charge in [-0.3, -0.25) is 37.3 Å². The first-order valence-corrected chi connectivity index (χ1v) is 42.9. The van der Waals surface area contributed by atoms with E-state index in [-0.39, 0.29) is 25.7 Å². The van der Waals surface area contributed by atoms with Gasteiger partial charge in [-0.15, -0.1) is 0 Å². The zero-order valence-electron chi connectivity index (χ0n) is 62.7. The largest absolute Gasteiger partial charge is 0.472 e. The van der Waals surface area contributed by atoms with Gasteiger partial charge in [0, 0.05) is 25.7 Å². The lowest BCUT2D eigenvalue weighted by molar-refractivity contribution is -0.161. The number of phosphoric acid groups is 2. The highest BCUT2D eigenvalue weighted by Gasteiger charge is 2.30. The molecular formula is C78H148O17P2. The Hall–Kier alpha value is -2.46. The lowest BCUT2D eigenvalue weighted by atomic mass is 10.0. The highest BCUT2D eigenvalue weighted by molar-refractivity contribution is 7.47. The van der Waals surface area contributed by atoms with Crippen LogP contribution in [0.4, 0.5) is 0 Å². The molecule has 5 atom stereocenters. The van der Waals surface area contributed by atoms with Crippen molar-refractivity contribution in [2.45, 2.75) is 406 Å². The second-order valence-corrected chi connectivity index (χ2v) is 30.8. The first-order valence-electron chi connectivity index (χ1n) is 40.0. The monoisotopic (exact) mass is 1420 g/mol. The van der Waals surface area contributed by atoms with E-state index in [4.69, 9.17) is 37.0 Å². The molecule has 0 saturated heterocycles. The molecule has 0 rings (SSSR count). The van der Waals surface area contributed by atoms with Crippen molar-refractivity contribution in [2.75, 3.05) is 39.6 Å². The standard InChI is InChI=1S/C78H148O17P2/c1-6-9-12-15-18-21-24-27-30-31-34-37-40-43-48-54-59-64-77(82)94-73(67-88-75(80)61-56-51-46-41-38-35-32-28-25-22-19-16-13-10-7-2)69-92-96(84,85)90-65-72(79)66-91-97(86,87)93-70-74(68-89-76(81)62-57-52-49-44-45-50-55-60-71(4)5)95-78(83)63-58-53-47-42-39-36-33-29-26-23-20-17-14-11-8-3/h22,25,28,32,71-74,79H,6-21,23-24,26-27,29-31,33-70H2,1-5H3,(H,84,85)(H,86,87)/b25-22-,32-28-/t72-,73-,74-/m1/s1. The molecule has 97 heavy (non-hydrogen) atoms. The second-order valence-electron chi connectivity index (χ2n) is 27.9. The Morgan fingerprint density at radius 1 is 0.320 bits per heavy atom. The first kappa shape index (κ1) is 94.5. The van der Waals surface area contributed by atoms with E-state index >= 15 is 0 Å². The summed E-state index contributed by atoms with van der Waals surface area (Å²) in [5.74, 6) is -1.44. The van der Waals surface area contributed by atoms with Crippen LogP contribution in [-0.2, 0) is 65.4 Å². The summed E-state index contributed by atoms with van der Waals surface area (Å²) in [4.78, 5) is 72.9. The SMILES string of the molecule is CCCCCC/C=C\C=C/CCCCCCCC(=O)OC[C@H](COP(=O)(O)OC[C@@H](O)COP(=O)(O)OC[C@@H](COC(=O)CCCCCCCCCC(C)C)OC(=O)CCCCCCCCCCCCCCCCC)OC(=O)CCCCCCCCCCCCCCCCCCC. The van der Waals surface area contributed by atoms with Gasteiger partial charge in [-0.25, -0.2) is 9.13 Å². The third-order valence-corrected chi connectivity index (χ3v) is 19.6. The van der Waals surface area contributed by atoms with Gasteiger partial charge in [-0.1, -0.05) is 335 Å². The van der Waals surface area contributed by atoms with Gasteiger partial charge in [0.15, 0.2) is 12.2 Å². The third kappa shape index (κ3) is 71.7. The Balaban J connectivity index is 5.28. The summed E-state index contributed by atoms with van der Waals surface area (Å²) in [5.41, 5.74) is 0. The minimum Gasteiger partial charge on any atom is -0.462 e. The number of allylic oxidation sites excluding steroid dienone is 4. The summed E-state index contributed by atoms with van der Waals surface area (Å²) >= 11 is 0. The summed E-state index contributed by atoms with van der Waals surface area (Å²) in [6.07, 6.45) is 63.2. The molecular weight excluding hydrogens is 1270 g/mol. The van der Waals surface area contributed by atoms with Crippen molar-refractivity contribution in [3.05, 3.63) is 24.3 Å². The van der Waals surface area contributed by atoms with Gasteiger partial charge in [-0.2, -0.15) is 0 Å². The highest BCUT2D eigenvalue weighted by Crippen LogP contribution is 2.45. The molecule has 572 valence electrons. The van der Waals surface area contributed by atoms with E-state index in [0.29, 0.717) is 31.6 Å². The van der Waals surface area contributed by atoms with Crippen molar-refractivity contribution in [1.29, 1.82) is 0 Å². The van der Waals surface area contributed by atoms with Crippen LogP contribution in [0.1, 0.15) is 388 Å². The number of carbonyl (C=O) groups excluding carboxylic acids is 4. The molecule has 0 aliphatic rings. The number of ether oxygens (including phenoxy) is 4. The fourth-order valence-electron chi connectivity index (χ4n) is 11.5. The summed E-state index contributed by atoms with van der Waals surface area (Å²) in [5, 5.41) is 10.6. The lowest BCUT2D eigenvalue weighted by Crippen LogP contribution is -2.30. The van der Waals surface area contributed by atoms with E-state index in [0.717, 1.165) is 116 Å². The number of carbonyl (C=O) groups is 4. The Kier molecular flexibility index (Phi) is 68.8. The summed E-state index contributed by atoms with van der Waals surface area (Å²) in [6, 6.07) is 0. The van der Waals surface area contributed by atoms with Crippen molar-refractivity contribution in [3.63, 3.8) is 0 Å². The third-order valence-electron chi connectivity index (χ3n) is 17.7. The molecule has 0 amide bonds. The van der Waals surface area contributed by atoms with Crippen LogP contribution in [-0.4, -0.2) is 96.7 Å². The Bertz CT molecular complexity index is 1950. The molecule has 0 aliphatic carbocycles. The van der Waals surface area contributed by atoms with E-state index in [1.165, 1.54) is 186 Å². The maximum Gasteiger partial charge on any atom is 0.472 e. The molecule has 0 aromatic rings. The summed E-state index contributed by atoms with van der Waals surface area (Å²) in [6.45, 7) is 7.19. The maximum absolute atomic E-state index is 13.1. The molecule has 0 saturated carbocycles. The van der Waals surface area contributed by atoms with Crippen molar-refractivity contribution in [3.8, 4) is 0 Å². The smallest absolute Gasteiger partial charge is 0.462 e. The quantitative estimate of drug-likeness (QED) is 0.0169. The van der Waals surface area contributed by atoms with Crippen molar-refractivity contribution in [1.82, 2.24) is 0 Å². The van der Waals surface area contributed by atoms with E-state index in [1.807, 2.05) is 0 Å². The number of rotatable bonds is 76. The number of hydrogen-bond donors (Lipinski definition) is 3. The summed E-state index contributed by atoms with van der Waals surface area (Å²) < 4.78 is 68.6. The van der Waals surface area contributed by atoms with Crippen LogP contribution >= 0.6 is 15.6 Å². The van der Waals surface area contributed by atoms with Crippen molar-refractivity contribution >= 4 is 39.5 Å². The van der Waals surface area contributed by atoms with Crippen molar-refractivity contribution < 1.29 is 80.2 Å². The maximum atomic E-state index is 13.1. The first-order chi connectivity index (χ1) is 47.0.